The van der Waals surface area contributed by atoms with Crippen LogP contribution in [0.2, 0.25) is 0 Å². The lowest BCUT2D eigenvalue weighted by Gasteiger charge is -2.21. The fourth-order valence-electron chi connectivity index (χ4n) is 4.22. The fraction of sp³-hybridized carbons (Fsp3) is 0.500. The maximum Gasteiger partial charge on any atom is 0.329 e. The molecule has 0 spiro atoms. The van der Waals surface area contributed by atoms with Gasteiger partial charge in [-0.2, -0.15) is 5.26 Å². The number of nitrogens with one attached hydrogen (secondary N) is 2. The summed E-state index contributed by atoms with van der Waals surface area (Å²) in [6.07, 6.45) is 5.55. The van der Waals surface area contributed by atoms with E-state index >= 15 is 0 Å². The number of aromatic nitrogens is 1. The van der Waals surface area contributed by atoms with Crippen LogP contribution in [0.25, 0.3) is 0 Å². The normalized spacial score (nSPS) is 14.7. The Bertz CT molecular complexity index is 1060. The molecular formula is C24H30N4O5. The molecule has 0 unspecified atom stereocenters. The predicted molar refractivity (Wildman–Crippen MR) is 121 cm³/mol. The third-order valence-corrected chi connectivity index (χ3v) is 6.11. The van der Waals surface area contributed by atoms with Gasteiger partial charge in [0.15, 0.2) is 12.4 Å². The van der Waals surface area contributed by atoms with Gasteiger partial charge in [-0.15, -0.1) is 0 Å². The number of ether oxygens (including phenoxy) is 1. The fourth-order valence-corrected chi connectivity index (χ4v) is 4.22. The Balaban J connectivity index is 1.67. The number of rotatable bonds is 8. The molecule has 0 aliphatic heterocycles. The van der Waals surface area contributed by atoms with Gasteiger partial charge >= 0.3 is 5.97 Å². The molecule has 1 atom stereocenters. The third-order valence-electron chi connectivity index (χ3n) is 6.11. The summed E-state index contributed by atoms with van der Waals surface area (Å²) in [7, 11) is 0. The molecule has 0 bridgehead atoms. The molecule has 2 heterocycles. The second kappa shape index (κ2) is 10.4. The van der Waals surface area contributed by atoms with Crippen LogP contribution < -0.4 is 10.6 Å². The van der Waals surface area contributed by atoms with Gasteiger partial charge in [0.2, 0.25) is 0 Å². The quantitative estimate of drug-likeness (QED) is 0.587. The Hall–Kier alpha value is -3.54. The van der Waals surface area contributed by atoms with Crippen LogP contribution in [0.5, 0.6) is 0 Å². The van der Waals surface area contributed by atoms with Crippen LogP contribution in [0.1, 0.15) is 72.9 Å². The summed E-state index contributed by atoms with van der Waals surface area (Å²) in [6, 6.07) is 4.53. The van der Waals surface area contributed by atoms with Crippen molar-refractivity contribution in [3.8, 4) is 6.07 Å². The van der Waals surface area contributed by atoms with Gasteiger partial charge in [0.1, 0.15) is 17.9 Å². The van der Waals surface area contributed by atoms with Gasteiger partial charge in [0.05, 0.1) is 11.8 Å². The monoisotopic (exact) mass is 454 g/mol. The Kier molecular flexibility index (Phi) is 7.59. The van der Waals surface area contributed by atoms with E-state index in [1.165, 1.54) is 12.3 Å². The molecule has 1 fully saturated rings. The van der Waals surface area contributed by atoms with Gasteiger partial charge in [0, 0.05) is 11.7 Å². The largest absolute Gasteiger partial charge is 0.459 e. The zero-order chi connectivity index (χ0) is 24.1. The first-order chi connectivity index (χ1) is 15.7. The molecule has 0 saturated heterocycles. The third kappa shape index (κ3) is 5.28. The standard InChI is InChI=1S/C24H30N4O5/c1-14(2)21(27-23(30)19-10-7-11-32-19)24(31)33-13-20(29)26-22-18(12-25)15(3)16(4)28(22)17-8-5-6-9-17/h7,10-11,14,17,21H,5-6,8-9,13H2,1-4H3,(H,26,29)(H,27,30)/t21-/m0/s1. The first-order valence-electron chi connectivity index (χ1n) is 11.2. The number of amides is 2. The van der Waals surface area contributed by atoms with E-state index in [1.54, 1.807) is 19.9 Å². The molecule has 3 rings (SSSR count). The van der Waals surface area contributed by atoms with Gasteiger partial charge in [0.25, 0.3) is 11.8 Å². The first kappa shape index (κ1) is 24.1. The van der Waals surface area contributed by atoms with E-state index in [1.807, 2.05) is 18.4 Å². The van der Waals surface area contributed by atoms with Crippen molar-refractivity contribution in [1.29, 1.82) is 5.26 Å². The molecule has 2 amide bonds. The summed E-state index contributed by atoms with van der Waals surface area (Å²) >= 11 is 0. The molecule has 9 nitrogen and oxygen atoms in total. The molecule has 9 heteroatoms. The van der Waals surface area contributed by atoms with E-state index in [4.69, 9.17) is 9.15 Å². The molecule has 2 aromatic rings. The van der Waals surface area contributed by atoms with Crippen molar-refractivity contribution >= 4 is 23.6 Å². The topological polar surface area (TPSA) is 126 Å². The molecule has 33 heavy (non-hydrogen) atoms. The van der Waals surface area contributed by atoms with Crippen molar-refractivity contribution in [1.82, 2.24) is 9.88 Å². The van der Waals surface area contributed by atoms with Crippen molar-refractivity contribution in [3.05, 3.63) is 41.0 Å². The molecule has 1 saturated carbocycles. The summed E-state index contributed by atoms with van der Waals surface area (Å²) in [4.78, 5) is 37.5. The number of anilines is 1. The molecule has 0 radical (unpaired) electrons. The van der Waals surface area contributed by atoms with Crippen LogP contribution in [0.4, 0.5) is 5.82 Å². The minimum atomic E-state index is -0.947. The number of hydrogen-bond acceptors (Lipinski definition) is 6. The number of esters is 1. The Labute approximate surface area is 193 Å². The van der Waals surface area contributed by atoms with Gasteiger partial charge in [-0.05, 0) is 50.3 Å². The summed E-state index contributed by atoms with van der Waals surface area (Å²) < 4.78 is 12.3. The van der Waals surface area contributed by atoms with E-state index in [2.05, 4.69) is 16.7 Å². The molecule has 2 aromatic heterocycles. The Morgan fingerprint density at radius 1 is 1.27 bits per heavy atom. The highest BCUT2D eigenvalue weighted by molar-refractivity contribution is 5.96. The van der Waals surface area contributed by atoms with Crippen LogP contribution in [-0.2, 0) is 14.3 Å². The number of hydrogen-bond donors (Lipinski definition) is 2. The van der Waals surface area contributed by atoms with Crippen LogP contribution in [0.15, 0.2) is 22.8 Å². The smallest absolute Gasteiger partial charge is 0.329 e. The predicted octanol–water partition coefficient (Wildman–Crippen LogP) is 3.62. The minimum absolute atomic E-state index is 0.0774. The van der Waals surface area contributed by atoms with Crippen LogP contribution in [0, 0.1) is 31.1 Å². The Morgan fingerprint density at radius 2 is 1.97 bits per heavy atom. The molecular weight excluding hydrogens is 424 g/mol. The SMILES string of the molecule is Cc1c(C#N)c(NC(=O)COC(=O)[C@@H](NC(=O)c2ccco2)C(C)C)n(C2CCCC2)c1C. The van der Waals surface area contributed by atoms with Gasteiger partial charge in [-0.3, -0.25) is 9.59 Å². The van der Waals surface area contributed by atoms with Crippen LogP contribution in [-0.4, -0.2) is 35.0 Å². The van der Waals surface area contributed by atoms with Crippen molar-refractivity contribution in [2.75, 3.05) is 11.9 Å². The average Bonchev–Trinajstić information content (AvgIpc) is 3.53. The molecule has 1 aliphatic rings. The van der Waals surface area contributed by atoms with E-state index in [9.17, 15) is 19.6 Å². The number of carbonyl (C=O) groups excluding carboxylic acids is 3. The van der Waals surface area contributed by atoms with E-state index in [-0.39, 0.29) is 17.7 Å². The summed E-state index contributed by atoms with van der Waals surface area (Å²) in [6.45, 7) is 6.79. The highest BCUT2D eigenvalue weighted by atomic mass is 16.5. The van der Waals surface area contributed by atoms with E-state index in [0.29, 0.717) is 11.4 Å². The van der Waals surface area contributed by atoms with Crippen molar-refractivity contribution in [2.45, 2.75) is 65.5 Å². The first-order valence-corrected chi connectivity index (χ1v) is 11.2. The summed E-state index contributed by atoms with van der Waals surface area (Å²) in [5.74, 6) is -1.55. The Morgan fingerprint density at radius 3 is 2.55 bits per heavy atom. The van der Waals surface area contributed by atoms with Crippen molar-refractivity contribution in [2.24, 2.45) is 5.92 Å². The molecule has 0 aromatic carbocycles. The van der Waals surface area contributed by atoms with Crippen molar-refractivity contribution < 1.29 is 23.5 Å². The van der Waals surface area contributed by atoms with Crippen molar-refractivity contribution in [3.63, 3.8) is 0 Å². The summed E-state index contributed by atoms with van der Waals surface area (Å²) in [5, 5.41) is 15.0. The van der Waals surface area contributed by atoms with Gasteiger partial charge < -0.3 is 24.4 Å². The number of furan rings is 1. The minimum Gasteiger partial charge on any atom is -0.459 e. The molecule has 2 N–H and O–H groups in total. The number of carbonyl (C=O) groups is 3. The van der Waals surface area contributed by atoms with Gasteiger partial charge in [-0.25, -0.2) is 4.79 Å². The van der Waals surface area contributed by atoms with E-state index < -0.39 is 30.4 Å². The average molecular weight is 455 g/mol. The van der Waals surface area contributed by atoms with E-state index in [0.717, 1.165) is 36.9 Å². The molecule has 1 aliphatic carbocycles. The highest BCUT2D eigenvalue weighted by Gasteiger charge is 2.29. The van der Waals surface area contributed by atoms with Crippen LogP contribution in [0.3, 0.4) is 0 Å². The maximum absolute atomic E-state index is 12.7. The second-order valence-electron chi connectivity index (χ2n) is 8.68. The zero-order valence-electron chi connectivity index (χ0n) is 19.4. The number of nitrogens with zero attached hydrogens (tertiary/aromatic N) is 2. The molecule has 176 valence electrons. The maximum atomic E-state index is 12.7. The number of nitriles is 1. The lowest BCUT2D eigenvalue weighted by atomic mass is 10.0. The van der Waals surface area contributed by atoms with Gasteiger partial charge in [-0.1, -0.05) is 26.7 Å². The highest BCUT2D eigenvalue weighted by Crippen LogP contribution is 2.37. The van der Waals surface area contributed by atoms with Crippen LogP contribution >= 0.6 is 0 Å². The second-order valence-corrected chi connectivity index (χ2v) is 8.68. The summed E-state index contributed by atoms with van der Waals surface area (Å²) in [5.41, 5.74) is 2.20. The lowest BCUT2D eigenvalue weighted by molar-refractivity contribution is -0.150. The zero-order valence-corrected chi connectivity index (χ0v) is 19.4. The lowest BCUT2D eigenvalue weighted by Crippen LogP contribution is -2.45.